The molecule has 0 heterocycles. The van der Waals surface area contributed by atoms with Crippen molar-refractivity contribution in [3.8, 4) is 0 Å². The van der Waals surface area contributed by atoms with Crippen LogP contribution in [0.25, 0.3) is 0 Å². The van der Waals surface area contributed by atoms with Crippen molar-refractivity contribution < 1.29 is 36.3 Å². The fraction of sp³-hybridized carbons (Fsp3) is 1.00. The molecule has 23 heavy (non-hydrogen) atoms. The Morgan fingerprint density at radius 3 is 0.870 bits per heavy atom. The van der Waals surface area contributed by atoms with Gasteiger partial charge in [0.2, 0.25) is 0 Å². The zero-order valence-corrected chi connectivity index (χ0v) is 18.5. The minimum Gasteiger partial charge on any atom is -0.799 e. The van der Waals surface area contributed by atoms with E-state index < -0.39 is 14.7 Å². The predicted molar refractivity (Wildman–Crippen MR) is 94.3 cm³/mol. The molecule has 0 rings (SSSR count). The number of hydrogen-bond acceptors (Lipinski definition) is 4. The fourth-order valence-electron chi connectivity index (χ4n) is 1.82. The van der Waals surface area contributed by atoms with Crippen LogP contribution in [0, 0.1) is 0 Å². The van der Waals surface area contributed by atoms with Crippen LogP contribution in [0.15, 0.2) is 0 Å². The van der Waals surface area contributed by atoms with Crippen LogP contribution in [0.1, 0.15) is 79.1 Å². The number of rotatable bonds is 12. The Labute approximate surface area is 154 Å². The second-order valence-electron chi connectivity index (χ2n) is 5.94. The zero-order valence-electron chi connectivity index (χ0n) is 15.4. The maximum absolute atomic E-state index is 11.2. The molecule has 0 atom stereocenters. The van der Waals surface area contributed by atoms with Crippen LogP contribution in [-0.4, -0.2) is 24.6 Å². The molecule has 0 bridgehead atoms. The molecule has 140 valence electrons. The average molecular weight is 406 g/mol. The van der Waals surface area contributed by atoms with E-state index >= 15 is 0 Å². The average Bonchev–Trinajstić information content (AvgIpc) is 2.48. The fourth-order valence-corrected chi connectivity index (χ4v) is 5.46. The van der Waals surface area contributed by atoms with Crippen LogP contribution in [0.4, 0.5) is 0 Å². The molecule has 0 aromatic carbocycles. The summed E-state index contributed by atoms with van der Waals surface area (Å²) in [6, 6.07) is 0. The molecule has 0 fully saturated rings. The maximum atomic E-state index is 11.2. The van der Waals surface area contributed by atoms with Crippen LogP contribution >= 0.6 is 14.7 Å². The number of unbranched alkanes of at least 4 members (excludes halogenated alkanes) is 4. The van der Waals surface area contributed by atoms with Gasteiger partial charge in [-0.15, -0.1) is 0 Å². The Kier molecular flexibility index (Phi) is 22.1. The van der Waals surface area contributed by atoms with Gasteiger partial charge in [0.05, 0.1) is 0 Å². The van der Waals surface area contributed by atoms with E-state index in [4.69, 9.17) is 0 Å². The predicted octanol–water partition coefficient (Wildman–Crippen LogP) is 4.45. The second-order valence-corrected chi connectivity index (χ2v) is 11.0. The van der Waals surface area contributed by atoms with Gasteiger partial charge in [0.25, 0.3) is 0 Å². The first-order chi connectivity index (χ1) is 10.2. The van der Waals surface area contributed by atoms with E-state index in [0.717, 1.165) is 51.4 Å². The van der Waals surface area contributed by atoms with Gasteiger partial charge in [0.1, 0.15) is 0 Å². The molecule has 0 radical (unpaired) electrons. The Hall–Kier alpha value is 0.912. The van der Waals surface area contributed by atoms with Crippen molar-refractivity contribution in [3.63, 3.8) is 0 Å². The second kappa shape index (κ2) is 17.7. The van der Waals surface area contributed by atoms with Gasteiger partial charge < -0.3 is 18.9 Å². The zero-order chi connectivity index (χ0) is 17.5. The molecule has 0 aromatic rings. The standard InChI is InChI=1S/2C8H19O2P.Cr/c2*1-3-5-7-11(9,10)8-6-4-2;/h2*3-8H2,1-2H3,(H,9,10);/q;;+2/p-2. The largest absolute Gasteiger partial charge is 2.00 e. The van der Waals surface area contributed by atoms with Crippen LogP contribution in [0.3, 0.4) is 0 Å². The summed E-state index contributed by atoms with van der Waals surface area (Å²) < 4.78 is 22.4. The molecule has 0 N–H and O–H groups in total. The van der Waals surface area contributed by atoms with E-state index in [2.05, 4.69) is 0 Å². The molecule has 0 spiro atoms. The Bertz CT molecular complexity index is 282. The van der Waals surface area contributed by atoms with Gasteiger partial charge in [-0.1, -0.05) is 53.4 Å². The monoisotopic (exact) mass is 406 g/mol. The molecular weight excluding hydrogens is 370 g/mol. The molecule has 4 nitrogen and oxygen atoms in total. The summed E-state index contributed by atoms with van der Waals surface area (Å²) in [5, 5.41) is 0. The van der Waals surface area contributed by atoms with E-state index in [9.17, 15) is 18.9 Å². The van der Waals surface area contributed by atoms with E-state index in [1.807, 2.05) is 27.7 Å². The van der Waals surface area contributed by atoms with Crippen molar-refractivity contribution in [2.24, 2.45) is 0 Å². The minimum absolute atomic E-state index is 0. The van der Waals surface area contributed by atoms with Crippen molar-refractivity contribution in [1.82, 2.24) is 0 Å². The summed E-state index contributed by atoms with van der Waals surface area (Å²) in [5.41, 5.74) is 0. The molecule has 0 aliphatic carbocycles. The number of hydrogen-bond donors (Lipinski definition) is 0. The SMILES string of the molecule is CCCCP(=O)([O-])CCCC.CCCCP(=O)([O-])CCCC.[Cr+2]. The van der Waals surface area contributed by atoms with Gasteiger partial charge in [0.15, 0.2) is 0 Å². The molecule has 7 heteroatoms. The Morgan fingerprint density at radius 2 is 0.739 bits per heavy atom. The van der Waals surface area contributed by atoms with E-state index in [1.54, 1.807) is 0 Å². The normalized spacial score (nSPS) is 11.4. The molecule has 0 saturated carbocycles. The summed E-state index contributed by atoms with van der Waals surface area (Å²) >= 11 is 0. The summed E-state index contributed by atoms with van der Waals surface area (Å²) in [4.78, 5) is 22.4. The van der Waals surface area contributed by atoms with Crippen molar-refractivity contribution in [2.75, 3.05) is 24.6 Å². The van der Waals surface area contributed by atoms with Gasteiger partial charge >= 0.3 is 17.4 Å². The molecule has 0 aliphatic heterocycles. The maximum Gasteiger partial charge on any atom is 2.00 e. The third kappa shape index (κ3) is 22.9. The summed E-state index contributed by atoms with van der Waals surface area (Å²) in [7, 11) is -5.95. The summed E-state index contributed by atoms with van der Waals surface area (Å²) in [6.45, 7) is 8.05. The first-order valence-electron chi connectivity index (χ1n) is 8.82. The molecule has 0 saturated heterocycles. The van der Waals surface area contributed by atoms with Gasteiger partial charge in [-0.25, -0.2) is 0 Å². The smallest absolute Gasteiger partial charge is 0.799 e. The first-order valence-corrected chi connectivity index (χ1v) is 12.8. The Morgan fingerprint density at radius 1 is 0.565 bits per heavy atom. The molecule has 0 aliphatic rings. The van der Waals surface area contributed by atoms with Crippen molar-refractivity contribution >= 4 is 14.7 Å². The van der Waals surface area contributed by atoms with Gasteiger partial charge in [-0.05, 0) is 50.3 Å². The van der Waals surface area contributed by atoms with Gasteiger partial charge in [-0.3, -0.25) is 0 Å². The van der Waals surface area contributed by atoms with E-state index in [-0.39, 0.29) is 17.4 Å². The topological polar surface area (TPSA) is 80.3 Å². The molecule has 0 amide bonds. The van der Waals surface area contributed by atoms with Crippen LogP contribution in [0.5, 0.6) is 0 Å². The van der Waals surface area contributed by atoms with Crippen LogP contribution in [-0.2, 0) is 26.5 Å². The van der Waals surface area contributed by atoms with Crippen molar-refractivity contribution in [3.05, 3.63) is 0 Å². The van der Waals surface area contributed by atoms with E-state index in [0.29, 0.717) is 24.6 Å². The third-order valence-corrected chi connectivity index (χ3v) is 7.40. The minimum atomic E-state index is -2.98. The molecular formula is C16H36CrO4P2. The third-order valence-electron chi connectivity index (χ3n) is 3.41. The quantitative estimate of drug-likeness (QED) is 0.449. The van der Waals surface area contributed by atoms with Crippen molar-refractivity contribution in [2.45, 2.75) is 79.1 Å². The van der Waals surface area contributed by atoms with Crippen molar-refractivity contribution in [1.29, 1.82) is 0 Å². The van der Waals surface area contributed by atoms with Crippen LogP contribution < -0.4 is 9.79 Å². The Balaban J connectivity index is -0.000000333. The molecule has 0 unspecified atom stereocenters. The van der Waals surface area contributed by atoms with Gasteiger partial charge in [-0.2, -0.15) is 0 Å². The van der Waals surface area contributed by atoms with E-state index in [1.165, 1.54) is 0 Å². The van der Waals surface area contributed by atoms with Crippen LogP contribution in [0.2, 0.25) is 0 Å². The summed E-state index contributed by atoms with van der Waals surface area (Å²) in [6.07, 6.45) is 8.80. The van der Waals surface area contributed by atoms with Gasteiger partial charge in [0, 0.05) is 14.7 Å². The molecule has 0 aromatic heterocycles. The first kappa shape index (κ1) is 28.7. The summed E-state index contributed by atoms with van der Waals surface area (Å²) in [5.74, 6) is 0.